The van der Waals surface area contributed by atoms with Gasteiger partial charge in [-0.15, -0.1) is 24.0 Å². The Morgan fingerprint density at radius 2 is 1.97 bits per heavy atom. The van der Waals surface area contributed by atoms with Crippen molar-refractivity contribution in [1.82, 2.24) is 15.5 Å². The smallest absolute Gasteiger partial charge is 0.291 e. The van der Waals surface area contributed by atoms with Gasteiger partial charge in [-0.2, -0.15) is 0 Å². The second-order valence-corrected chi connectivity index (χ2v) is 7.15. The fourth-order valence-electron chi connectivity index (χ4n) is 3.31. The van der Waals surface area contributed by atoms with Crippen molar-refractivity contribution in [1.29, 1.82) is 0 Å². The minimum atomic E-state index is -0.281. The van der Waals surface area contributed by atoms with Crippen molar-refractivity contribution in [3.63, 3.8) is 0 Å². The minimum Gasteiger partial charge on any atom is -0.459 e. The molecule has 1 aliphatic rings. The van der Waals surface area contributed by atoms with Crippen molar-refractivity contribution in [3.8, 4) is 0 Å². The molecular weight excluding hydrogens is 509 g/mol. The van der Waals surface area contributed by atoms with Gasteiger partial charge in [-0.3, -0.25) is 9.59 Å². The average Bonchev–Trinajstić information content (AvgIpc) is 3.45. The van der Waals surface area contributed by atoms with Crippen LogP contribution in [0.1, 0.15) is 42.8 Å². The van der Waals surface area contributed by atoms with Crippen LogP contribution in [0.15, 0.2) is 52.1 Å². The molecule has 1 atom stereocenters. The highest BCUT2D eigenvalue weighted by molar-refractivity contribution is 14.0. The van der Waals surface area contributed by atoms with E-state index in [9.17, 15) is 9.59 Å². The van der Waals surface area contributed by atoms with Crippen LogP contribution < -0.4 is 16.0 Å². The molecule has 0 saturated carbocycles. The van der Waals surface area contributed by atoms with Gasteiger partial charge in [-0.05, 0) is 43.2 Å². The number of halogens is 1. The largest absolute Gasteiger partial charge is 0.459 e. The van der Waals surface area contributed by atoms with Crippen LogP contribution in [-0.4, -0.2) is 48.3 Å². The second-order valence-electron chi connectivity index (χ2n) is 7.15. The summed E-state index contributed by atoms with van der Waals surface area (Å²) in [6, 6.07) is 11.1. The molecule has 1 saturated heterocycles. The number of aliphatic imine (C=N–C) groups is 1. The van der Waals surface area contributed by atoms with E-state index in [1.807, 2.05) is 43.0 Å². The van der Waals surface area contributed by atoms with Gasteiger partial charge in [0.1, 0.15) is 0 Å². The lowest BCUT2D eigenvalue weighted by molar-refractivity contribution is -0.129. The van der Waals surface area contributed by atoms with Gasteiger partial charge in [-0.1, -0.05) is 19.1 Å². The van der Waals surface area contributed by atoms with E-state index in [0.29, 0.717) is 25.2 Å². The molecule has 0 aliphatic carbocycles. The first-order chi connectivity index (χ1) is 14.6. The maximum Gasteiger partial charge on any atom is 0.291 e. The van der Waals surface area contributed by atoms with Crippen molar-refractivity contribution < 1.29 is 14.0 Å². The first kappa shape index (κ1) is 24.7. The Morgan fingerprint density at radius 3 is 2.61 bits per heavy atom. The van der Waals surface area contributed by atoms with E-state index < -0.39 is 0 Å². The van der Waals surface area contributed by atoms with E-state index in [1.165, 1.54) is 6.26 Å². The molecule has 2 amide bonds. The van der Waals surface area contributed by atoms with Crippen LogP contribution in [0.4, 0.5) is 5.69 Å². The van der Waals surface area contributed by atoms with Crippen molar-refractivity contribution in [2.45, 2.75) is 39.3 Å². The second kappa shape index (κ2) is 12.3. The molecule has 9 heteroatoms. The van der Waals surface area contributed by atoms with Crippen LogP contribution in [0.2, 0.25) is 0 Å². The van der Waals surface area contributed by atoms with E-state index in [4.69, 9.17) is 4.42 Å². The Labute approximate surface area is 199 Å². The normalized spacial score (nSPS) is 15.9. The van der Waals surface area contributed by atoms with Crippen LogP contribution in [0.3, 0.4) is 0 Å². The number of hydrogen-bond donors (Lipinski definition) is 3. The summed E-state index contributed by atoms with van der Waals surface area (Å²) in [7, 11) is 0. The van der Waals surface area contributed by atoms with Crippen molar-refractivity contribution in [3.05, 3.63) is 54.0 Å². The number of carbonyl (C=O) groups excluding carboxylic acids is 2. The predicted molar refractivity (Wildman–Crippen MR) is 132 cm³/mol. The van der Waals surface area contributed by atoms with Crippen LogP contribution in [-0.2, 0) is 11.3 Å². The molecule has 1 aromatic carbocycles. The van der Waals surface area contributed by atoms with E-state index in [1.54, 1.807) is 12.1 Å². The molecule has 1 aromatic heterocycles. The number of rotatable bonds is 7. The first-order valence-electron chi connectivity index (χ1n) is 10.4. The van der Waals surface area contributed by atoms with Gasteiger partial charge in [0.25, 0.3) is 5.91 Å². The number of nitrogens with one attached hydrogen (secondary N) is 3. The zero-order valence-corrected chi connectivity index (χ0v) is 20.2. The Morgan fingerprint density at radius 1 is 1.19 bits per heavy atom. The van der Waals surface area contributed by atoms with Crippen LogP contribution in [0.5, 0.6) is 0 Å². The summed E-state index contributed by atoms with van der Waals surface area (Å²) in [5.74, 6) is 0.927. The third-order valence-corrected chi connectivity index (χ3v) is 4.90. The van der Waals surface area contributed by atoms with Crippen molar-refractivity contribution in [2.24, 2.45) is 4.99 Å². The molecule has 31 heavy (non-hydrogen) atoms. The molecule has 8 nitrogen and oxygen atoms in total. The van der Waals surface area contributed by atoms with Gasteiger partial charge in [0.05, 0.1) is 12.8 Å². The number of nitrogens with zero attached hydrogens (tertiary/aromatic N) is 2. The van der Waals surface area contributed by atoms with E-state index in [-0.39, 0.29) is 47.6 Å². The van der Waals surface area contributed by atoms with Gasteiger partial charge >= 0.3 is 0 Å². The van der Waals surface area contributed by atoms with Gasteiger partial charge in [-0.25, -0.2) is 4.99 Å². The lowest BCUT2D eigenvalue weighted by Gasteiger charge is -2.18. The van der Waals surface area contributed by atoms with Crippen LogP contribution in [0, 0.1) is 0 Å². The Bertz CT molecular complexity index is 868. The maximum absolute atomic E-state index is 12.0. The predicted octanol–water partition coefficient (Wildman–Crippen LogP) is 3.22. The number of amides is 2. The number of guanidine groups is 1. The molecule has 2 aromatic rings. The number of anilines is 1. The van der Waals surface area contributed by atoms with Gasteiger partial charge in [0.15, 0.2) is 11.7 Å². The molecular formula is C22H30IN5O3. The fraction of sp³-hybridized carbons (Fsp3) is 0.409. The number of furan rings is 1. The van der Waals surface area contributed by atoms with Gasteiger partial charge < -0.3 is 25.3 Å². The molecule has 0 bridgehead atoms. The molecule has 2 heterocycles. The molecule has 0 radical (unpaired) electrons. The highest BCUT2D eigenvalue weighted by atomic mass is 127. The summed E-state index contributed by atoms with van der Waals surface area (Å²) in [6.07, 6.45) is 2.93. The summed E-state index contributed by atoms with van der Waals surface area (Å²) in [5, 5.41) is 9.48. The molecule has 3 rings (SSSR count). The monoisotopic (exact) mass is 539 g/mol. The lowest BCUT2D eigenvalue weighted by atomic mass is 10.2. The highest BCUT2D eigenvalue weighted by Crippen LogP contribution is 2.13. The quantitative estimate of drug-likeness (QED) is 0.285. The van der Waals surface area contributed by atoms with Gasteiger partial charge in [0.2, 0.25) is 5.91 Å². The summed E-state index contributed by atoms with van der Waals surface area (Å²) >= 11 is 0. The molecule has 1 fully saturated rings. The number of likely N-dealkylation sites (tertiary alicyclic amines) is 1. The fourth-order valence-corrected chi connectivity index (χ4v) is 3.31. The van der Waals surface area contributed by atoms with Crippen LogP contribution in [0.25, 0.3) is 0 Å². The molecule has 1 aliphatic heterocycles. The number of benzene rings is 1. The third kappa shape index (κ3) is 7.27. The minimum absolute atomic E-state index is 0. The summed E-state index contributed by atoms with van der Waals surface area (Å²) < 4.78 is 5.09. The summed E-state index contributed by atoms with van der Waals surface area (Å²) in [4.78, 5) is 30.4. The third-order valence-electron chi connectivity index (χ3n) is 4.90. The maximum atomic E-state index is 12.0. The van der Waals surface area contributed by atoms with E-state index >= 15 is 0 Å². The molecule has 1 unspecified atom stereocenters. The average molecular weight is 539 g/mol. The van der Waals surface area contributed by atoms with E-state index in [2.05, 4.69) is 20.9 Å². The zero-order chi connectivity index (χ0) is 21.3. The van der Waals surface area contributed by atoms with Crippen LogP contribution >= 0.6 is 24.0 Å². The summed E-state index contributed by atoms with van der Waals surface area (Å²) in [6.45, 7) is 6.67. The molecule has 0 spiro atoms. The lowest BCUT2D eigenvalue weighted by Crippen LogP contribution is -2.45. The Hall–Kier alpha value is -2.56. The Balaban J connectivity index is 0.00000341. The molecule has 168 valence electrons. The molecule has 3 N–H and O–H groups in total. The Kier molecular flexibility index (Phi) is 9.83. The topological polar surface area (TPSA) is 99.0 Å². The number of hydrogen-bond acceptors (Lipinski definition) is 4. The van der Waals surface area contributed by atoms with Crippen molar-refractivity contribution >= 4 is 47.4 Å². The summed E-state index contributed by atoms with van der Waals surface area (Å²) in [5.41, 5.74) is 1.72. The van der Waals surface area contributed by atoms with Gasteiger partial charge in [0, 0.05) is 37.8 Å². The zero-order valence-electron chi connectivity index (χ0n) is 17.9. The SMILES string of the molecule is CCNC(=NCc1ccc(NC(=O)c2ccco2)cc1)NC1CCN(C(=O)CC)C1.I. The standard InChI is InChI=1S/C22H29N5O3.HI/c1-3-20(28)27-12-11-18(15-27)26-22(23-4-2)24-14-16-7-9-17(10-8-16)25-21(29)19-6-5-13-30-19;/h5-10,13,18H,3-4,11-12,14-15H2,1-2H3,(H,25,29)(H2,23,24,26);1H. The van der Waals surface area contributed by atoms with E-state index in [0.717, 1.165) is 31.0 Å². The first-order valence-corrected chi connectivity index (χ1v) is 10.4. The highest BCUT2D eigenvalue weighted by Gasteiger charge is 2.25. The number of carbonyl (C=O) groups is 2. The van der Waals surface area contributed by atoms with Crippen molar-refractivity contribution in [2.75, 3.05) is 25.0 Å².